The summed E-state index contributed by atoms with van der Waals surface area (Å²) in [5.74, 6) is 1.41. The lowest BCUT2D eigenvalue weighted by Crippen LogP contribution is -1.91. The molecule has 0 aliphatic heterocycles. The Bertz CT molecular complexity index is 838. The molecule has 0 amide bonds. The molecule has 5 heteroatoms. The van der Waals surface area contributed by atoms with Crippen LogP contribution < -0.4 is 4.74 Å². The van der Waals surface area contributed by atoms with Crippen molar-refractivity contribution < 1.29 is 9.53 Å². The minimum Gasteiger partial charge on any atom is -0.438 e. The number of H-pyrrole nitrogens is 1. The van der Waals surface area contributed by atoms with Gasteiger partial charge >= 0.3 is 0 Å². The minimum atomic E-state index is 0.207. The number of hydrogen-bond donors (Lipinski definition) is 1. The van der Waals surface area contributed by atoms with Gasteiger partial charge in [-0.25, -0.2) is 9.97 Å². The van der Waals surface area contributed by atoms with Crippen molar-refractivity contribution in [3.8, 4) is 11.6 Å². The van der Waals surface area contributed by atoms with E-state index in [2.05, 4.69) is 15.0 Å². The molecule has 0 fully saturated rings. The van der Waals surface area contributed by atoms with E-state index >= 15 is 0 Å². The fraction of sp³-hybridized carbons (Fsp3) is 0.167. The number of benzene rings is 1. The highest BCUT2D eigenvalue weighted by atomic mass is 16.5. The minimum absolute atomic E-state index is 0.207. The van der Waals surface area contributed by atoms with Gasteiger partial charge in [0, 0.05) is 24.6 Å². The highest BCUT2D eigenvalue weighted by Gasteiger charge is 2.11. The van der Waals surface area contributed by atoms with Crippen molar-refractivity contribution in [2.75, 3.05) is 0 Å². The van der Waals surface area contributed by atoms with Crippen LogP contribution in [0.2, 0.25) is 0 Å². The van der Waals surface area contributed by atoms with Crippen LogP contribution in [-0.2, 0) is 4.79 Å². The lowest BCUT2D eigenvalue weighted by Gasteiger charge is -2.05. The van der Waals surface area contributed by atoms with Crippen molar-refractivity contribution in [1.82, 2.24) is 15.0 Å². The van der Waals surface area contributed by atoms with Gasteiger partial charge in [-0.3, -0.25) is 4.79 Å². The number of carbonyl (C=O) groups is 1. The van der Waals surface area contributed by atoms with Crippen molar-refractivity contribution in [2.45, 2.75) is 19.8 Å². The van der Waals surface area contributed by atoms with Crippen LogP contribution >= 0.6 is 0 Å². The standard InChI is InChI=1S/C18H17N3O2/c1-2-14(22)8-6-7-13-11-19-17-16(13)18(21-12-20-17)23-15-9-4-3-5-10-15/h3-7,9-12H,2,8H2,1H3,(H,19,20,21)/b7-6+. The van der Waals surface area contributed by atoms with E-state index in [1.54, 1.807) is 0 Å². The lowest BCUT2D eigenvalue weighted by molar-refractivity contribution is -0.117. The first kappa shape index (κ1) is 15.0. The van der Waals surface area contributed by atoms with Gasteiger partial charge in [0.05, 0.1) is 5.39 Å². The van der Waals surface area contributed by atoms with Gasteiger partial charge < -0.3 is 9.72 Å². The van der Waals surface area contributed by atoms with E-state index in [1.165, 1.54) is 6.33 Å². The van der Waals surface area contributed by atoms with Gasteiger partial charge in [0.1, 0.15) is 23.5 Å². The van der Waals surface area contributed by atoms with E-state index in [-0.39, 0.29) is 5.78 Å². The smallest absolute Gasteiger partial charge is 0.232 e. The molecular formula is C18H17N3O2. The van der Waals surface area contributed by atoms with Gasteiger partial charge in [-0.15, -0.1) is 0 Å². The molecular weight excluding hydrogens is 290 g/mol. The summed E-state index contributed by atoms with van der Waals surface area (Å²) in [7, 11) is 0. The van der Waals surface area contributed by atoms with E-state index < -0.39 is 0 Å². The van der Waals surface area contributed by atoms with Crippen molar-refractivity contribution in [3.63, 3.8) is 0 Å². The number of allylic oxidation sites excluding steroid dienone is 1. The van der Waals surface area contributed by atoms with Crippen LogP contribution in [-0.4, -0.2) is 20.7 Å². The molecule has 0 saturated heterocycles. The Kier molecular flexibility index (Phi) is 4.47. The number of hydrogen-bond acceptors (Lipinski definition) is 4. The van der Waals surface area contributed by atoms with E-state index in [0.29, 0.717) is 30.1 Å². The van der Waals surface area contributed by atoms with Crippen molar-refractivity contribution in [3.05, 3.63) is 54.5 Å². The van der Waals surface area contributed by atoms with Gasteiger partial charge in [-0.1, -0.05) is 37.3 Å². The molecule has 5 nitrogen and oxygen atoms in total. The number of aromatic amines is 1. The van der Waals surface area contributed by atoms with Crippen molar-refractivity contribution >= 4 is 22.9 Å². The number of nitrogens with zero attached hydrogens (tertiary/aromatic N) is 2. The maximum Gasteiger partial charge on any atom is 0.232 e. The van der Waals surface area contributed by atoms with Crippen LogP contribution in [0.1, 0.15) is 25.3 Å². The number of aromatic nitrogens is 3. The average Bonchev–Trinajstić information content (AvgIpc) is 3.00. The molecule has 0 spiro atoms. The number of ether oxygens (including phenoxy) is 1. The fourth-order valence-electron chi connectivity index (χ4n) is 2.23. The van der Waals surface area contributed by atoms with E-state index in [1.807, 2.05) is 55.6 Å². The van der Waals surface area contributed by atoms with Gasteiger partial charge in [0.2, 0.25) is 5.88 Å². The summed E-state index contributed by atoms with van der Waals surface area (Å²) in [5, 5.41) is 0.802. The SMILES string of the molecule is CCC(=O)C/C=C/c1c[nH]c2ncnc(Oc3ccccc3)c12. The zero-order valence-corrected chi connectivity index (χ0v) is 12.8. The Morgan fingerprint density at radius 2 is 2.09 bits per heavy atom. The molecule has 0 radical (unpaired) electrons. The molecule has 23 heavy (non-hydrogen) atoms. The summed E-state index contributed by atoms with van der Waals surface area (Å²) in [6, 6.07) is 9.48. The summed E-state index contributed by atoms with van der Waals surface area (Å²) in [6.07, 6.45) is 8.02. The summed E-state index contributed by atoms with van der Waals surface area (Å²) in [6.45, 7) is 1.86. The third-order valence-corrected chi connectivity index (χ3v) is 3.46. The van der Waals surface area contributed by atoms with Crippen LogP contribution in [0.3, 0.4) is 0 Å². The number of rotatable bonds is 6. The molecule has 1 N–H and O–H groups in total. The molecule has 0 unspecified atom stereocenters. The predicted octanol–water partition coefficient (Wildman–Crippen LogP) is 4.13. The number of para-hydroxylation sites is 1. The number of ketones is 1. The second-order valence-electron chi connectivity index (χ2n) is 5.06. The largest absolute Gasteiger partial charge is 0.438 e. The Balaban J connectivity index is 1.92. The van der Waals surface area contributed by atoms with E-state index in [4.69, 9.17) is 4.74 Å². The number of Topliss-reactive ketones (excluding diaryl/α,β-unsaturated/α-hetero) is 1. The Morgan fingerprint density at radius 3 is 2.87 bits per heavy atom. The van der Waals surface area contributed by atoms with Gasteiger partial charge in [0.25, 0.3) is 0 Å². The fourth-order valence-corrected chi connectivity index (χ4v) is 2.23. The molecule has 1 aromatic carbocycles. The molecule has 2 aromatic heterocycles. The number of fused-ring (bicyclic) bond motifs is 1. The summed E-state index contributed by atoms with van der Waals surface area (Å²) in [5.41, 5.74) is 1.60. The lowest BCUT2D eigenvalue weighted by atomic mass is 10.1. The zero-order chi connectivity index (χ0) is 16.1. The molecule has 3 rings (SSSR count). The quantitative estimate of drug-likeness (QED) is 0.743. The molecule has 0 atom stereocenters. The predicted molar refractivity (Wildman–Crippen MR) is 89.4 cm³/mol. The average molecular weight is 307 g/mol. The summed E-state index contributed by atoms with van der Waals surface area (Å²) in [4.78, 5) is 23.0. The Hall–Kier alpha value is -2.95. The number of nitrogens with one attached hydrogen (secondary N) is 1. The number of carbonyl (C=O) groups excluding carboxylic acids is 1. The van der Waals surface area contributed by atoms with Gasteiger partial charge in [0.15, 0.2) is 0 Å². The van der Waals surface area contributed by atoms with E-state index in [9.17, 15) is 4.79 Å². The molecule has 3 aromatic rings. The summed E-state index contributed by atoms with van der Waals surface area (Å²) >= 11 is 0. The third kappa shape index (κ3) is 3.45. The monoisotopic (exact) mass is 307 g/mol. The summed E-state index contributed by atoms with van der Waals surface area (Å²) < 4.78 is 5.87. The maximum absolute atomic E-state index is 11.4. The van der Waals surface area contributed by atoms with E-state index in [0.717, 1.165) is 10.9 Å². The first-order chi connectivity index (χ1) is 11.3. The third-order valence-electron chi connectivity index (χ3n) is 3.46. The zero-order valence-electron chi connectivity index (χ0n) is 12.8. The molecule has 2 heterocycles. The Labute approximate surface area is 134 Å². The molecule has 0 aliphatic carbocycles. The second-order valence-corrected chi connectivity index (χ2v) is 5.06. The van der Waals surface area contributed by atoms with Gasteiger partial charge in [-0.2, -0.15) is 0 Å². The van der Waals surface area contributed by atoms with Crippen LogP contribution in [0.15, 0.2) is 48.9 Å². The first-order valence-corrected chi connectivity index (χ1v) is 7.51. The van der Waals surface area contributed by atoms with Crippen LogP contribution in [0, 0.1) is 0 Å². The van der Waals surface area contributed by atoms with Crippen LogP contribution in [0.4, 0.5) is 0 Å². The molecule has 0 bridgehead atoms. The highest BCUT2D eigenvalue weighted by molar-refractivity contribution is 5.91. The molecule has 0 aliphatic rings. The van der Waals surface area contributed by atoms with Crippen LogP contribution in [0.25, 0.3) is 17.1 Å². The Morgan fingerprint density at radius 1 is 1.26 bits per heavy atom. The van der Waals surface area contributed by atoms with Crippen LogP contribution in [0.5, 0.6) is 11.6 Å². The molecule has 0 saturated carbocycles. The topological polar surface area (TPSA) is 67.9 Å². The normalized spacial score (nSPS) is 11.2. The maximum atomic E-state index is 11.4. The van der Waals surface area contributed by atoms with Crippen molar-refractivity contribution in [2.24, 2.45) is 0 Å². The highest BCUT2D eigenvalue weighted by Crippen LogP contribution is 2.29. The van der Waals surface area contributed by atoms with Gasteiger partial charge in [-0.05, 0) is 12.1 Å². The second kappa shape index (κ2) is 6.87. The van der Waals surface area contributed by atoms with Crippen molar-refractivity contribution in [1.29, 1.82) is 0 Å². The first-order valence-electron chi connectivity index (χ1n) is 7.51. The molecule has 116 valence electrons.